The number of aromatic nitrogens is 2. The molecule has 136 valence electrons. The molecule has 25 heavy (non-hydrogen) atoms. The van der Waals surface area contributed by atoms with Gasteiger partial charge in [0.1, 0.15) is 11.8 Å². The van der Waals surface area contributed by atoms with Gasteiger partial charge in [-0.3, -0.25) is 0 Å². The van der Waals surface area contributed by atoms with Crippen LogP contribution in [0, 0.1) is 5.92 Å². The first-order valence-electron chi connectivity index (χ1n) is 9.49. The molecule has 2 aliphatic rings. The Morgan fingerprint density at radius 3 is 2.68 bits per heavy atom. The lowest BCUT2D eigenvalue weighted by Crippen LogP contribution is -2.51. The second-order valence-electron chi connectivity index (χ2n) is 6.73. The first-order chi connectivity index (χ1) is 12.3. The van der Waals surface area contributed by atoms with Crippen molar-refractivity contribution in [3.63, 3.8) is 0 Å². The summed E-state index contributed by atoms with van der Waals surface area (Å²) in [6.45, 7) is 9.86. The second kappa shape index (κ2) is 8.43. The highest BCUT2D eigenvalue weighted by Gasteiger charge is 2.31. The standard InChI is InChI=1S/C17H22N4O2.C2H6/c22-7-3-4-13-8-15-17(19-23-18-15)16(9-13)21-11-14(12-21)10-20-5-1-2-6-20;1-2/h7-9,14H,1-6,10-12H2;1-2H3. The van der Waals surface area contributed by atoms with Crippen molar-refractivity contribution in [2.24, 2.45) is 5.92 Å². The molecule has 0 spiro atoms. The lowest BCUT2D eigenvalue weighted by atomic mass is 9.97. The van der Waals surface area contributed by atoms with Crippen molar-refractivity contribution >= 4 is 23.0 Å². The molecule has 0 aliphatic carbocycles. The van der Waals surface area contributed by atoms with Crippen LogP contribution in [0.15, 0.2) is 16.8 Å². The summed E-state index contributed by atoms with van der Waals surface area (Å²) in [6.07, 6.45) is 4.93. The minimum absolute atomic E-state index is 0.536. The monoisotopic (exact) mass is 344 g/mol. The van der Waals surface area contributed by atoms with Crippen LogP contribution in [0.3, 0.4) is 0 Å². The number of anilines is 1. The van der Waals surface area contributed by atoms with E-state index in [9.17, 15) is 4.79 Å². The van der Waals surface area contributed by atoms with Crippen molar-refractivity contribution in [2.45, 2.75) is 39.5 Å². The number of benzene rings is 1. The summed E-state index contributed by atoms with van der Waals surface area (Å²) >= 11 is 0. The van der Waals surface area contributed by atoms with Crippen LogP contribution < -0.4 is 4.90 Å². The van der Waals surface area contributed by atoms with E-state index in [1.807, 2.05) is 19.9 Å². The molecule has 1 aromatic carbocycles. The maximum absolute atomic E-state index is 10.6. The number of rotatable bonds is 6. The SMILES string of the molecule is CC.O=CCCc1cc(N2CC(CN3CCCC3)C2)c2nonc2c1. The van der Waals surface area contributed by atoms with Gasteiger partial charge >= 0.3 is 0 Å². The lowest BCUT2D eigenvalue weighted by molar-refractivity contribution is -0.107. The van der Waals surface area contributed by atoms with Crippen molar-refractivity contribution in [1.82, 2.24) is 15.2 Å². The van der Waals surface area contributed by atoms with Crippen molar-refractivity contribution in [2.75, 3.05) is 37.6 Å². The fourth-order valence-corrected chi connectivity index (χ4v) is 3.75. The van der Waals surface area contributed by atoms with Crippen LogP contribution in [-0.2, 0) is 11.2 Å². The summed E-state index contributed by atoms with van der Waals surface area (Å²) < 4.78 is 4.91. The Labute approximate surface area is 149 Å². The highest BCUT2D eigenvalue weighted by atomic mass is 16.6. The van der Waals surface area contributed by atoms with E-state index in [-0.39, 0.29) is 0 Å². The molecule has 2 saturated heterocycles. The van der Waals surface area contributed by atoms with E-state index in [0.29, 0.717) is 6.42 Å². The third-order valence-electron chi connectivity index (χ3n) is 4.96. The van der Waals surface area contributed by atoms with E-state index < -0.39 is 0 Å². The van der Waals surface area contributed by atoms with Crippen molar-refractivity contribution in [1.29, 1.82) is 0 Å². The number of likely N-dealkylation sites (tertiary alicyclic amines) is 1. The van der Waals surface area contributed by atoms with Crippen LogP contribution >= 0.6 is 0 Å². The van der Waals surface area contributed by atoms with Crippen LogP contribution in [0.2, 0.25) is 0 Å². The van der Waals surface area contributed by atoms with Gasteiger partial charge in [-0.1, -0.05) is 13.8 Å². The molecule has 1 aromatic heterocycles. The summed E-state index contributed by atoms with van der Waals surface area (Å²) in [5.41, 5.74) is 3.84. The predicted molar refractivity (Wildman–Crippen MR) is 98.9 cm³/mol. The first-order valence-corrected chi connectivity index (χ1v) is 9.49. The zero-order valence-electron chi connectivity index (χ0n) is 15.3. The maximum atomic E-state index is 10.6. The third kappa shape index (κ3) is 4.00. The summed E-state index contributed by atoms with van der Waals surface area (Å²) in [5, 5.41) is 8.05. The molecule has 2 aliphatic heterocycles. The smallest absolute Gasteiger partial charge is 0.158 e. The van der Waals surface area contributed by atoms with Crippen LogP contribution in [0.5, 0.6) is 0 Å². The van der Waals surface area contributed by atoms with Gasteiger partial charge in [-0.2, -0.15) is 0 Å². The first kappa shape index (κ1) is 17.9. The molecule has 6 heteroatoms. The van der Waals surface area contributed by atoms with E-state index in [1.165, 1.54) is 32.5 Å². The molecule has 0 saturated carbocycles. The Balaban J connectivity index is 0.000000880. The number of nitrogens with zero attached hydrogens (tertiary/aromatic N) is 4. The number of aldehydes is 1. The second-order valence-corrected chi connectivity index (χ2v) is 6.73. The number of carbonyl (C=O) groups is 1. The molecular weight excluding hydrogens is 316 g/mol. The molecule has 0 N–H and O–H groups in total. The van der Waals surface area contributed by atoms with Crippen molar-refractivity contribution in [3.05, 3.63) is 17.7 Å². The van der Waals surface area contributed by atoms with E-state index in [4.69, 9.17) is 4.63 Å². The quantitative estimate of drug-likeness (QED) is 0.751. The van der Waals surface area contributed by atoms with Gasteiger partial charge in [-0.25, -0.2) is 4.63 Å². The molecule has 2 fully saturated rings. The molecule has 3 heterocycles. The summed E-state index contributed by atoms with van der Waals surface area (Å²) in [5.74, 6) is 0.738. The van der Waals surface area contributed by atoms with Gasteiger partial charge in [-0.15, -0.1) is 0 Å². The number of fused-ring (bicyclic) bond motifs is 1. The zero-order valence-corrected chi connectivity index (χ0v) is 15.3. The summed E-state index contributed by atoms with van der Waals surface area (Å²) in [7, 11) is 0. The van der Waals surface area contributed by atoms with E-state index in [2.05, 4.69) is 26.2 Å². The van der Waals surface area contributed by atoms with Gasteiger partial charge in [0.25, 0.3) is 0 Å². The van der Waals surface area contributed by atoms with E-state index >= 15 is 0 Å². The lowest BCUT2D eigenvalue weighted by Gasteiger charge is -2.42. The molecular formula is C19H28N4O2. The highest BCUT2D eigenvalue weighted by Crippen LogP contribution is 2.32. The van der Waals surface area contributed by atoms with Crippen molar-refractivity contribution in [3.8, 4) is 0 Å². The van der Waals surface area contributed by atoms with Gasteiger partial charge in [0.05, 0.1) is 5.69 Å². The summed E-state index contributed by atoms with van der Waals surface area (Å²) in [6, 6.07) is 4.11. The Bertz CT molecular complexity index is 688. The fourth-order valence-electron chi connectivity index (χ4n) is 3.75. The number of carbonyl (C=O) groups excluding carboxylic acids is 1. The molecule has 0 radical (unpaired) electrons. The topological polar surface area (TPSA) is 62.5 Å². The Morgan fingerprint density at radius 1 is 1.20 bits per heavy atom. The molecule has 0 bridgehead atoms. The largest absolute Gasteiger partial charge is 0.369 e. The number of hydrogen-bond acceptors (Lipinski definition) is 6. The van der Waals surface area contributed by atoms with Crippen LogP contribution in [0.4, 0.5) is 5.69 Å². The maximum Gasteiger partial charge on any atom is 0.158 e. The van der Waals surface area contributed by atoms with Crippen LogP contribution in [0.25, 0.3) is 11.0 Å². The van der Waals surface area contributed by atoms with Gasteiger partial charge < -0.3 is 14.6 Å². The predicted octanol–water partition coefficient (Wildman–Crippen LogP) is 2.91. The minimum atomic E-state index is 0.536. The number of aryl methyl sites for hydroxylation is 1. The molecule has 2 aromatic rings. The molecule has 6 nitrogen and oxygen atoms in total. The molecule has 0 atom stereocenters. The van der Waals surface area contributed by atoms with Crippen molar-refractivity contribution < 1.29 is 9.42 Å². The average Bonchev–Trinajstić information content (AvgIpc) is 3.28. The third-order valence-corrected chi connectivity index (χ3v) is 4.96. The fraction of sp³-hybridized carbons (Fsp3) is 0.632. The Kier molecular flexibility index (Phi) is 6.02. The average molecular weight is 344 g/mol. The Hall–Kier alpha value is -1.95. The van der Waals surface area contributed by atoms with Crippen LogP contribution in [0.1, 0.15) is 38.7 Å². The molecule has 4 rings (SSSR count). The Morgan fingerprint density at radius 2 is 1.96 bits per heavy atom. The summed E-state index contributed by atoms with van der Waals surface area (Å²) in [4.78, 5) is 15.6. The van der Waals surface area contributed by atoms with E-state index in [0.717, 1.165) is 54.0 Å². The zero-order chi connectivity index (χ0) is 17.6. The van der Waals surface area contributed by atoms with Gasteiger partial charge in [0.15, 0.2) is 5.52 Å². The van der Waals surface area contributed by atoms with Gasteiger partial charge in [0.2, 0.25) is 0 Å². The van der Waals surface area contributed by atoms with Crippen LogP contribution in [-0.4, -0.2) is 54.2 Å². The van der Waals surface area contributed by atoms with E-state index in [1.54, 1.807) is 0 Å². The minimum Gasteiger partial charge on any atom is -0.369 e. The highest BCUT2D eigenvalue weighted by molar-refractivity contribution is 5.89. The number of hydrogen-bond donors (Lipinski definition) is 0. The normalized spacial score (nSPS) is 18.1. The van der Waals surface area contributed by atoms with Gasteiger partial charge in [-0.05, 0) is 60.4 Å². The molecule has 0 unspecified atom stereocenters. The molecule has 0 amide bonds. The van der Waals surface area contributed by atoms with Gasteiger partial charge in [0, 0.05) is 32.0 Å².